The van der Waals surface area contributed by atoms with Crippen molar-refractivity contribution in [3.8, 4) is 5.75 Å². The molecule has 1 aromatic rings. The normalized spacial score (nSPS) is 20.4. The van der Waals surface area contributed by atoms with Crippen molar-refractivity contribution < 1.29 is 33.5 Å². The molecule has 35 heavy (non-hydrogen) atoms. The van der Waals surface area contributed by atoms with Crippen LogP contribution in [0.5, 0.6) is 5.75 Å². The summed E-state index contributed by atoms with van der Waals surface area (Å²) in [6, 6.07) is 4.07. The molecule has 4 atom stereocenters. The number of methoxy groups -OCH3 is 1. The maximum atomic E-state index is 12.7. The molecular formula is C24H35N3O8. The van der Waals surface area contributed by atoms with Crippen molar-refractivity contribution >= 4 is 23.5 Å². The highest BCUT2D eigenvalue weighted by molar-refractivity contribution is 5.91. The fraction of sp³-hybridized carbons (Fsp3) is 0.625. The molecule has 0 radical (unpaired) electrons. The van der Waals surface area contributed by atoms with E-state index in [0.29, 0.717) is 25.0 Å². The van der Waals surface area contributed by atoms with Crippen LogP contribution in [0.2, 0.25) is 0 Å². The first kappa shape index (κ1) is 28.0. The summed E-state index contributed by atoms with van der Waals surface area (Å²) in [6.45, 7) is 7.24. The lowest BCUT2D eigenvalue weighted by atomic mass is 9.81. The number of nitro benzene ring substituents is 1. The van der Waals surface area contributed by atoms with Crippen LogP contribution in [0.3, 0.4) is 0 Å². The lowest BCUT2D eigenvalue weighted by Crippen LogP contribution is -2.53. The molecule has 1 saturated carbocycles. The van der Waals surface area contributed by atoms with Gasteiger partial charge in [-0.3, -0.25) is 19.7 Å². The topological polar surface area (TPSA) is 146 Å². The minimum Gasteiger partial charge on any atom is -0.490 e. The fourth-order valence-electron chi connectivity index (χ4n) is 3.66. The van der Waals surface area contributed by atoms with Gasteiger partial charge >= 0.3 is 5.97 Å². The number of carbonyl (C=O) groups is 3. The van der Waals surface area contributed by atoms with Crippen LogP contribution in [0.4, 0.5) is 5.69 Å². The molecule has 0 bridgehead atoms. The Labute approximate surface area is 205 Å². The third-order valence-corrected chi connectivity index (χ3v) is 6.24. The van der Waals surface area contributed by atoms with Crippen LogP contribution < -0.4 is 15.4 Å². The van der Waals surface area contributed by atoms with Crippen molar-refractivity contribution in [2.75, 3.05) is 13.7 Å². The highest BCUT2D eigenvalue weighted by Crippen LogP contribution is 2.32. The molecule has 1 aromatic carbocycles. The van der Waals surface area contributed by atoms with Crippen LogP contribution in [-0.2, 0) is 23.9 Å². The van der Waals surface area contributed by atoms with Gasteiger partial charge in [-0.1, -0.05) is 6.92 Å². The molecule has 11 heteroatoms. The van der Waals surface area contributed by atoms with E-state index in [4.69, 9.17) is 14.2 Å². The molecule has 2 N–H and O–H groups in total. The molecule has 0 spiro atoms. The SMILES string of the molecule is CCOC(=O)[C@H](CC(C)C(C)OC)NC(=O)[C@@H](C)NC(=O)C1CC(Oc2ccc([N+](=O)[O-])cc2)C1. The van der Waals surface area contributed by atoms with Crippen molar-refractivity contribution in [3.05, 3.63) is 34.4 Å². The van der Waals surface area contributed by atoms with Gasteiger partial charge in [-0.05, 0) is 58.1 Å². The standard InChI is InChI=1S/C24H35N3O8/c1-6-34-24(30)21(11-14(2)16(4)33-5)26-22(28)15(3)25-23(29)17-12-20(13-17)35-19-9-7-18(8-10-19)27(31)32/h7-10,14-17,20-21H,6,11-13H2,1-5H3,(H,25,29)(H,26,28)/t14?,15-,16?,17?,20?,21+/m1/s1. The molecule has 0 aromatic heterocycles. The summed E-state index contributed by atoms with van der Waals surface area (Å²) in [4.78, 5) is 47.8. The minimum atomic E-state index is -0.849. The Kier molecular flexibility index (Phi) is 10.4. The summed E-state index contributed by atoms with van der Waals surface area (Å²) in [6.07, 6.45) is 0.976. The largest absolute Gasteiger partial charge is 0.490 e. The van der Waals surface area contributed by atoms with E-state index in [0.717, 1.165) is 0 Å². The van der Waals surface area contributed by atoms with Crippen LogP contribution in [0.25, 0.3) is 0 Å². The Morgan fingerprint density at radius 1 is 1.11 bits per heavy atom. The maximum absolute atomic E-state index is 12.7. The quantitative estimate of drug-likeness (QED) is 0.242. The number of ether oxygens (including phenoxy) is 3. The van der Waals surface area contributed by atoms with Gasteiger partial charge in [0.25, 0.3) is 5.69 Å². The maximum Gasteiger partial charge on any atom is 0.328 e. The van der Waals surface area contributed by atoms with Crippen LogP contribution in [0.1, 0.15) is 47.0 Å². The number of nitrogens with zero attached hydrogens (tertiary/aromatic N) is 1. The summed E-state index contributed by atoms with van der Waals surface area (Å²) >= 11 is 0. The van der Waals surface area contributed by atoms with E-state index in [1.54, 1.807) is 21.0 Å². The second-order valence-corrected chi connectivity index (χ2v) is 8.86. The molecule has 2 unspecified atom stereocenters. The van der Waals surface area contributed by atoms with E-state index in [1.807, 2.05) is 13.8 Å². The van der Waals surface area contributed by atoms with E-state index >= 15 is 0 Å². The minimum absolute atomic E-state index is 0.0118. The second-order valence-electron chi connectivity index (χ2n) is 8.86. The number of esters is 1. The first-order chi connectivity index (χ1) is 16.5. The molecule has 2 rings (SSSR count). The molecule has 1 aliphatic carbocycles. The van der Waals surface area contributed by atoms with Crippen LogP contribution in [-0.4, -0.2) is 60.7 Å². The first-order valence-corrected chi connectivity index (χ1v) is 11.8. The summed E-state index contributed by atoms with van der Waals surface area (Å²) in [5, 5.41) is 16.1. The van der Waals surface area contributed by atoms with Crippen molar-refractivity contribution in [1.82, 2.24) is 10.6 Å². The zero-order valence-corrected chi connectivity index (χ0v) is 20.8. The van der Waals surface area contributed by atoms with Gasteiger partial charge in [0.15, 0.2) is 0 Å². The van der Waals surface area contributed by atoms with E-state index in [-0.39, 0.29) is 42.2 Å². The van der Waals surface area contributed by atoms with Crippen molar-refractivity contribution in [1.29, 1.82) is 0 Å². The van der Waals surface area contributed by atoms with Crippen molar-refractivity contribution in [2.24, 2.45) is 11.8 Å². The number of hydrogen-bond acceptors (Lipinski definition) is 8. The summed E-state index contributed by atoms with van der Waals surface area (Å²) in [7, 11) is 1.58. The van der Waals surface area contributed by atoms with Gasteiger partial charge in [0.2, 0.25) is 11.8 Å². The zero-order valence-electron chi connectivity index (χ0n) is 20.8. The number of non-ortho nitro benzene ring substituents is 1. The molecule has 1 fully saturated rings. The second kappa shape index (κ2) is 13.0. The monoisotopic (exact) mass is 493 g/mol. The van der Waals surface area contributed by atoms with Gasteiger partial charge in [0, 0.05) is 25.2 Å². The van der Waals surface area contributed by atoms with Gasteiger partial charge in [0.1, 0.15) is 23.9 Å². The predicted octanol–water partition coefficient (Wildman–Crippen LogP) is 2.37. The fourth-order valence-corrected chi connectivity index (χ4v) is 3.66. The average molecular weight is 494 g/mol. The highest BCUT2D eigenvalue weighted by atomic mass is 16.6. The molecule has 0 saturated heterocycles. The summed E-state index contributed by atoms with van der Waals surface area (Å²) in [5.41, 5.74) is -0.0247. The van der Waals surface area contributed by atoms with E-state index < -0.39 is 28.9 Å². The average Bonchev–Trinajstić information content (AvgIpc) is 2.80. The summed E-state index contributed by atoms with van der Waals surface area (Å²) in [5.74, 6) is -1.11. The molecular weight excluding hydrogens is 458 g/mol. The molecule has 194 valence electrons. The van der Waals surface area contributed by atoms with E-state index in [2.05, 4.69) is 10.6 Å². The molecule has 0 aliphatic heterocycles. The Hall–Kier alpha value is -3.21. The van der Waals surface area contributed by atoms with Crippen molar-refractivity contribution in [3.63, 3.8) is 0 Å². The molecule has 2 amide bonds. The number of amides is 2. The molecule has 1 aliphatic rings. The number of hydrogen-bond donors (Lipinski definition) is 2. The molecule has 11 nitrogen and oxygen atoms in total. The van der Waals surface area contributed by atoms with Gasteiger partial charge in [0.05, 0.1) is 17.6 Å². The number of rotatable bonds is 13. The third-order valence-electron chi connectivity index (χ3n) is 6.24. The zero-order chi connectivity index (χ0) is 26.1. The Morgan fingerprint density at radius 3 is 2.29 bits per heavy atom. The van der Waals surface area contributed by atoms with Gasteiger partial charge < -0.3 is 24.8 Å². The predicted molar refractivity (Wildman–Crippen MR) is 127 cm³/mol. The number of nitrogens with one attached hydrogen (secondary N) is 2. The van der Waals surface area contributed by atoms with Gasteiger partial charge in [-0.15, -0.1) is 0 Å². The smallest absolute Gasteiger partial charge is 0.328 e. The molecule has 0 heterocycles. The Morgan fingerprint density at radius 2 is 1.74 bits per heavy atom. The highest BCUT2D eigenvalue weighted by Gasteiger charge is 2.37. The summed E-state index contributed by atoms with van der Waals surface area (Å²) < 4.78 is 16.1. The van der Waals surface area contributed by atoms with E-state index in [1.165, 1.54) is 24.3 Å². The number of carbonyl (C=O) groups excluding carboxylic acids is 3. The van der Waals surface area contributed by atoms with Crippen LogP contribution in [0, 0.1) is 22.0 Å². The Balaban J connectivity index is 1.83. The Bertz CT molecular complexity index is 885. The van der Waals surface area contributed by atoms with Crippen LogP contribution in [0.15, 0.2) is 24.3 Å². The van der Waals surface area contributed by atoms with Crippen LogP contribution >= 0.6 is 0 Å². The first-order valence-electron chi connectivity index (χ1n) is 11.8. The van der Waals surface area contributed by atoms with Gasteiger partial charge in [-0.2, -0.15) is 0 Å². The van der Waals surface area contributed by atoms with Crippen molar-refractivity contribution in [2.45, 2.75) is 71.2 Å². The number of benzene rings is 1. The lowest BCUT2D eigenvalue weighted by molar-refractivity contribution is -0.384. The lowest BCUT2D eigenvalue weighted by Gasteiger charge is -2.35. The van der Waals surface area contributed by atoms with Gasteiger partial charge in [-0.25, -0.2) is 4.79 Å². The number of nitro groups is 1. The van der Waals surface area contributed by atoms with E-state index in [9.17, 15) is 24.5 Å². The third kappa shape index (κ3) is 8.20.